The molecular formula is C30H38ClF3N8O. The molecule has 9 nitrogen and oxygen atoms in total. The zero-order chi connectivity index (χ0) is 31.6. The summed E-state index contributed by atoms with van der Waals surface area (Å²) in [4.78, 5) is 17.5. The van der Waals surface area contributed by atoms with Gasteiger partial charge in [0, 0.05) is 48.3 Å². The monoisotopic (exact) mass is 618 g/mol. The van der Waals surface area contributed by atoms with Crippen LogP contribution in [-0.4, -0.2) is 58.7 Å². The van der Waals surface area contributed by atoms with Gasteiger partial charge in [0.15, 0.2) is 0 Å². The molecule has 232 valence electrons. The summed E-state index contributed by atoms with van der Waals surface area (Å²) in [5.41, 5.74) is 8.94. The molecule has 2 heterocycles. The molecule has 0 atom stereocenters. The average Bonchev–Trinajstić information content (AvgIpc) is 3.27. The van der Waals surface area contributed by atoms with Crippen LogP contribution >= 0.6 is 11.6 Å². The SMILES string of the molecule is Cc1ccc(C(=O)Nc2cc(CN(C)C3CCN(C)CC3)c(Cl)c(C(F)(F)F)c2)cc1N(N)/C=C(\N)c1cnn(C)c1C. The highest BCUT2D eigenvalue weighted by molar-refractivity contribution is 6.32. The molecule has 0 unspecified atom stereocenters. The summed E-state index contributed by atoms with van der Waals surface area (Å²) in [7, 11) is 5.73. The average molecular weight is 619 g/mol. The van der Waals surface area contributed by atoms with E-state index in [1.807, 2.05) is 32.8 Å². The van der Waals surface area contributed by atoms with Crippen LogP contribution in [0.1, 0.15) is 51.1 Å². The third-order valence-electron chi connectivity index (χ3n) is 8.02. The van der Waals surface area contributed by atoms with Crippen LogP contribution in [0.4, 0.5) is 24.5 Å². The molecule has 5 N–H and O–H groups in total. The lowest BCUT2D eigenvalue weighted by atomic mass is 10.0. The number of carbonyl (C=O) groups is 1. The first-order valence-corrected chi connectivity index (χ1v) is 14.2. The van der Waals surface area contributed by atoms with E-state index in [1.54, 1.807) is 36.1 Å². The van der Waals surface area contributed by atoms with Gasteiger partial charge in [0.05, 0.1) is 28.2 Å². The van der Waals surface area contributed by atoms with Gasteiger partial charge in [-0.05, 0) is 89.3 Å². The van der Waals surface area contributed by atoms with Gasteiger partial charge in [-0.25, -0.2) is 5.84 Å². The van der Waals surface area contributed by atoms with Crippen LogP contribution in [0.15, 0.2) is 42.7 Å². The van der Waals surface area contributed by atoms with Crippen LogP contribution in [0.2, 0.25) is 5.02 Å². The first-order chi connectivity index (χ1) is 20.1. The summed E-state index contributed by atoms with van der Waals surface area (Å²) in [5.74, 6) is 5.71. The predicted molar refractivity (Wildman–Crippen MR) is 164 cm³/mol. The number of piperidine rings is 1. The molecular weight excluding hydrogens is 581 g/mol. The normalized spacial score (nSPS) is 15.3. The zero-order valence-electron chi connectivity index (χ0n) is 25.0. The minimum Gasteiger partial charge on any atom is -0.397 e. The number of aryl methyl sites for hydroxylation is 2. The van der Waals surface area contributed by atoms with E-state index in [1.165, 1.54) is 17.3 Å². The lowest BCUT2D eigenvalue weighted by Crippen LogP contribution is -2.41. The second kappa shape index (κ2) is 13.0. The van der Waals surface area contributed by atoms with E-state index < -0.39 is 17.6 Å². The molecule has 0 aliphatic carbocycles. The molecule has 0 saturated carbocycles. The highest BCUT2D eigenvalue weighted by atomic mass is 35.5. The van der Waals surface area contributed by atoms with Crippen LogP contribution in [0.25, 0.3) is 5.70 Å². The fourth-order valence-electron chi connectivity index (χ4n) is 5.21. The van der Waals surface area contributed by atoms with Gasteiger partial charge >= 0.3 is 6.18 Å². The fourth-order valence-corrected chi connectivity index (χ4v) is 5.49. The third kappa shape index (κ3) is 7.50. The van der Waals surface area contributed by atoms with Crippen molar-refractivity contribution in [3.8, 4) is 0 Å². The number of rotatable bonds is 8. The maximum Gasteiger partial charge on any atom is 0.417 e. The Morgan fingerprint density at radius 1 is 1.19 bits per heavy atom. The summed E-state index contributed by atoms with van der Waals surface area (Å²) >= 11 is 6.29. The number of hydrazine groups is 1. The molecule has 43 heavy (non-hydrogen) atoms. The van der Waals surface area contributed by atoms with Crippen molar-refractivity contribution in [2.24, 2.45) is 18.6 Å². The number of hydrogen-bond acceptors (Lipinski definition) is 7. The number of nitrogens with one attached hydrogen (secondary N) is 1. The first-order valence-electron chi connectivity index (χ1n) is 13.9. The number of benzene rings is 2. The van der Waals surface area contributed by atoms with Gasteiger partial charge in [-0.15, -0.1) is 0 Å². The van der Waals surface area contributed by atoms with E-state index in [-0.39, 0.29) is 34.4 Å². The second-order valence-electron chi connectivity index (χ2n) is 11.2. The number of halogens is 4. The van der Waals surface area contributed by atoms with Crippen LogP contribution < -0.4 is 21.9 Å². The molecule has 1 amide bonds. The molecule has 4 rings (SSSR count). The summed E-state index contributed by atoms with van der Waals surface area (Å²) < 4.78 is 43.6. The minimum atomic E-state index is -4.70. The minimum absolute atomic E-state index is 0.00331. The van der Waals surface area contributed by atoms with Crippen molar-refractivity contribution >= 4 is 34.6 Å². The van der Waals surface area contributed by atoms with Crippen LogP contribution in [0.3, 0.4) is 0 Å². The van der Waals surface area contributed by atoms with Gasteiger partial charge in [-0.3, -0.25) is 19.4 Å². The van der Waals surface area contributed by atoms with Crippen molar-refractivity contribution in [1.29, 1.82) is 0 Å². The van der Waals surface area contributed by atoms with E-state index in [0.29, 0.717) is 16.9 Å². The van der Waals surface area contributed by atoms with Gasteiger partial charge in [-0.2, -0.15) is 18.3 Å². The lowest BCUT2D eigenvalue weighted by molar-refractivity contribution is -0.137. The Morgan fingerprint density at radius 2 is 1.86 bits per heavy atom. The van der Waals surface area contributed by atoms with Crippen LogP contribution in [-0.2, 0) is 19.8 Å². The Morgan fingerprint density at radius 3 is 2.47 bits per heavy atom. The van der Waals surface area contributed by atoms with Crippen molar-refractivity contribution in [3.63, 3.8) is 0 Å². The molecule has 1 aromatic heterocycles. The Balaban J connectivity index is 1.59. The summed E-state index contributed by atoms with van der Waals surface area (Å²) in [6.07, 6.45) is 0.269. The molecule has 2 aromatic carbocycles. The number of hydrogen-bond donors (Lipinski definition) is 3. The number of alkyl halides is 3. The topological polar surface area (TPSA) is 109 Å². The predicted octanol–water partition coefficient (Wildman–Crippen LogP) is 5.12. The Kier molecular flexibility index (Phi) is 9.75. The van der Waals surface area contributed by atoms with Gasteiger partial charge in [0.1, 0.15) is 0 Å². The van der Waals surface area contributed by atoms with E-state index in [2.05, 4.69) is 15.3 Å². The highest BCUT2D eigenvalue weighted by Gasteiger charge is 2.35. The van der Waals surface area contributed by atoms with E-state index >= 15 is 0 Å². The Bertz CT molecular complexity index is 1510. The molecule has 0 spiro atoms. The molecule has 1 fully saturated rings. The molecule has 1 saturated heterocycles. The number of aromatic nitrogens is 2. The van der Waals surface area contributed by atoms with Crippen LogP contribution in [0.5, 0.6) is 0 Å². The standard InChI is InChI=1S/C30H38ClF3N8O/c1-18-6-7-20(13-27(18)42(36)17-26(35)24-15-37-41(5)19(24)2)29(43)38-22-12-21(28(31)25(14-22)30(32,33)34)16-40(4)23-8-10-39(3)11-9-23/h6-7,12-15,17,23H,8-11,16,35-36H2,1-5H3,(H,38,43)/b26-17-. The quantitative estimate of drug-likeness (QED) is 0.237. The maximum atomic E-state index is 14.0. The molecule has 1 aliphatic rings. The second-order valence-corrected chi connectivity index (χ2v) is 11.5. The number of carbonyl (C=O) groups excluding carboxylic acids is 1. The van der Waals surface area contributed by atoms with Crippen molar-refractivity contribution in [3.05, 3.63) is 81.3 Å². The van der Waals surface area contributed by atoms with Crippen LogP contribution in [0, 0.1) is 13.8 Å². The Labute approximate surface area is 254 Å². The summed E-state index contributed by atoms with van der Waals surface area (Å²) in [6, 6.07) is 7.42. The number of nitrogens with two attached hydrogens (primary N) is 2. The third-order valence-corrected chi connectivity index (χ3v) is 8.46. The molecule has 1 aliphatic heterocycles. The molecule has 0 radical (unpaired) electrons. The first kappa shape index (κ1) is 32.3. The molecule has 13 heteroatoms. The van der Waals surface area contributed by atoms with E-state index in [0.717, 1.165) is 43.3 Å². The molecule has 3 aromatic rings. The van der Waals surface area contributed by atoms with E-state index in [4.69, 9.17) is 23.2 Å². The van der Waals surface area contributed by atoms with Gasteiger partial charge in [-0.1, -0.05) is 17.7 Å². The van der Waals surface area contributed by atoms with Gasteiger partial charge in [0.2, 0.25) is 0 Å². The largest absolute Gasteiger partial charge is 0.417 e. The van der Waals surface area contributed by atoms with Crippen molar-refractivity contribution in [2.75, 3.05) is 37.5 Å². The fraction of sp³-hybridized carbons (Fsp3) is 0.400. The number of likely N-dealkylation sites (tertiary alicyclic amines) is 1. The summed E-state index contributed by atoms with van der Waals surface area (Å²) in [6.45, 7) is 5.73. The smallest absolute Gasteiger partial charge is 0.397 e. The highest BCUT2D eigenvalue weighted by Crippen LogP contribution is 2.39. The number of nitrogens with zero attached hydrogens (tertiary/aromatic N) is 5. The van der Waals surface area contributed by atoms with Gasteiger partial charge < -0.3 is 16.0 Å². The van der Waals surface area contributed by atoms with Crippen molar-refractivity contribution < 1.29 is 18.0 Å². The lowest BCUT2D eigenvalue weighted by Gasteiger charge is -2.35. The summed E-state index contributed by atoms with van der Waals surface area (Å²) in [5, 5.41) is 7.75. The van der Waals surface area contributed by atoms with Gasteiger partial charge in [0.25, 0.3) is 5.91 Å². The number of anilines is 2. The number of amides is 1. The van der Waals surface area contributed by atoms with E-state index in [9.17, 15) is 18.0 Å². The maximum absolute atomic E-state index is 14.0. The van der Waals surface area contributed by atoms with Crippen molar-refractivity contribution in [1.82, 2.24) is 19.6 Å². The Hall–Kier alpha value is -3.58. The zero-order valence-corrected chi connectivity index (χ0v) is 25.7. The molecule has 0 bridgehead atoms. The van der Waals surface area contributed by atoms with Crippen molar-refractivity contribution in [2.45, 2.75) is 45.5 Å².